The molecule has 2 nitrogen and oxygen atoms in total. The summed E-state index contributed by atoms with van der Waals surface area (Å²) in [5, 5.41) is 10.1. The summed E-state index contributed by atoms with van der Waals surface area (Å²) >= 11 is 0. The van der Waals surface area contributed by atoms with Crippen molar-refractivity contribution in [2.75, 3.05) is 13.1 Å². The van der Waals surface area contributed by atoms with Crippen LogP contribution in [-0.2, 0) is 6.54 Å². The van der Waals surface area contributed by atoms with E-state index in [1.807, 2.05) is 6.92 Å². The third kappa shape index (κ3) is 3.83. The highest BCUT2D eigenvalue weighted by molar-refractivity contribution is 5.22. The van der Waals surface area contributed by atoms with Gasteiger partial charge < -0.3 is 5.11 Å². The monoisotopic (exact) mass is 233 g/mol. The van der Waals surface area contributed by atoms with Gasteiger partial charge in [-0.2, -0.15) is 0 Å². The number of hydrogen-bond acceptors (Lipinski definition) is 2. The van der Waals surface area contributed by atoms with Crippen LogP contribution in [0.5, 0.6) is 0 Å². The highest BCUT2D eigenvalue weighted by Crippen LogP contribution is 2.22. The summed E-state index contributed by atoms with van der Waals surface area (Å²) in [6.45, 7) is 7.21. The molecule has 0 bridgehead atoms. The van der Waals surface area contributed by atoms with E-state index < -0.39 is 5.60 Å². The van der Waals surface area contributed by atoms with Gasteiger partial charge in [0.05, 0.1) is 5.60 Å². The van der Waals surface area contributed by atoms with E-state index in [-0.39, 0.29) is 0 Å². The Kier molecular flexibility index (Phi) is 3.85. The van der Waals surface area contributed by atoms with Crippen molar-refractivity contribution in [3.05, 3.63) is 35.4 Å². The lowest BCUT2D eigenvalue weighted by Crippen LogP contribution is -2.28. The maximum atomic E-state index is 10.1. The molecule has 0 amide bonds. The van der Waals surface area contributed by atoms with Crippen LogP contribution in [-0.4, -0.2) is 28.7 Å². The fourth-order valence-corrected chi connectivity index (χ4v) is 2.55. The van der Waals surface area contributed by atoms with Gasteiger partial charge in [0.25, 0.3) is 0 Å². The Morgan fingerprint density at radius 2 is 2.12 bits per heavy atom. The number of aryl methyl sites for hydroxylation is 1. The molecule has 0 aliphatic carbocycles. The first-order valence-electron chi connectivity index (χ1n) is 6.55. The molecule has 1 saturated heterocycles. The molecule has 0 aromatic heterocycles. The van der Waals surface area contributed by atoms with Crippen molar-refractivity contribution >= 4 is 0 Å². The summed E-state index contributed by atoms with van der Waals surface area (Å²) < 4.78 is 0. The van der Waals surface area contributed by atoms with Crippen molar-refractivity contribution < 1.29 is 5.11 Å². The van der Waals surface area contributed by atoms with Crippen LogP contribution in [0.1, 0.15) is 37.3 Å². The SMILES string of the molecule is Cc1cccc(CN2CCCC(C)(O)CC2)c1. The van der Waals surface area contributed by atoms with Crippen LogP contribution < -0.4 is 0 Å². The van der Waals surface area contributed by atoms with Gasteiger partial charge in [0.2, 0.25) is 0 Å². The highest BCUT2D eigenvalue weighted by Gasteiger charge is 2.24. The van der Waals surface area contributed by atoms with Crippen LogP contribution in [0, 0.1) is 6.92 Å². The second-order valence-corrected chi connectivity index (χ2v) is 5.62. The molecule has 0 saturated carbocycles. The predicted octanol–water partition coefficient (Wildman–Crippen LogP) is 2.73. The molecule has 1 heterocycles. The molecule has 17 heavy (non-hydrogen) atoms. The molecule has 1 aromatic carbocycles. The first kappa shape index (κ1) is 12.6. The Morgan fingerprint density at radius 3 is 2.88 bits per heavy atom. The van der Waals surface area contributed by atoms with E-state index in [9.17, 15) is 5.11 Å². The Bertz CT molecular complexity index is 373. The van der Waals surface area contributed by atoms with Crippen LogP contribution in [0.2, 0.25) is 0 Å². The summed E-state index contributed by atoms with van der Waals surface area (Å²) in [5.74, 6) is 0. The van der Waals surface area contributed by atoms with Crippen molar-refractivity contribution in [3.8, 4) is 0 Å². The molecule has 1 fully saturated rings. The maximum absolute atomic E-state index is 10.1. The van der Waals surface area contributed by atoms with E-state index in [4.69, 9.17) is 0 Å². The van der Waals surface area contributed by atoms with Crippen LogP contribution in [0.15, 0.2) is 24.3 Å². The average Bonchev–Trinajstić information content (AvgIpc) is 2.41. The summed E-state index contributed by atoms with van der Waals surface area (Å²) in [5.41, 5.74) is 2.25. The fourth-order valence-electron chi connectivity index (χ4n) is 2.55. The third-order valence-electron chi connectivity index (χ3n) is 3.64. The van der Waals surface area contributed by atoms with E-state index >= 15 is 0 Å². The summed E-state index contributed by atoms with van der Waals surface area (Å²) in [6, 6.07) is 8.70. The van der Waals surface area contributed by atoms with Crippen molar-refractivity contribution in [1.82, 2.24) is 4.90 Å². The normalized spacial score (nSPS) is 26.8. The van der Waals surface area contributed by atoms with Crippen molar-refractivity contribution in [1.29, 1.82) is 0 Å². The van der Waals surface area contributed by atoms with Gasteiger partial charge in [0, 0.05) is 13.1 Å². The van der Waals surface area contributed by atoms with E-state index in [2.05, 4.69) is 36.1 Å². The molecule has 0 spiro atoms. The topological polar surface area (TPSA) is 23.5 Å². The van der Waals surface area contributed by atoms with Gasteiger partial charge in [-0.3, -0.25) is 4.90 Å². The number of aliphatic hydroxyl groups is 1. The second-order valence-electron chi connectivity index (χ2n) is 5.62. The molecular weight excluding hydrogens is 210 g/mol. The van der Waals surface area contributed by atoms with Gasteiger partial charge >= 0.3 is 0 Å². The Balaban J connectivity index is 1.95. The predicted molar refractivity (Wildman–Crippen MR) is 70.9 cm³/mol. The minimum absolute atomic E-state index is 0.457. The van der Waals surface area contributed by atoms with Crippen molar-refractivity contribution in [2.24, 2.45) is 0 Å². The van der Waals surface area contributed by atoms with E-state index in [0.29, 0.717) is 0 Å². The molecule has 2 rings (SSSR count). The first-order valence-corrected chi connectivity index (χ1v) is 6.55. The standard InChI is InChI=1S/C15H23NO/c1-13-5-3-6-14(11-13)12-16-9-4-7-15(2,17)8-10-16/h3,5-6,11,17H,4,7-10,12H2,1-2H3. The molecule has 1 aliphatic heterocycles. The number of benzene rings is 1. The zero-order chi connectivity index (χ0) is 12.3. The van der Waals surface area contributed by atoms with Crippen LogP contribution in [0.3, 0.4) is 0 Å². The largest absolute Gasteiger partial charge is 0.390 e. The van der Waals surface area contributed by atoms with Gasteiger partial charge in [-0.15, -0.1) is 0 Å². The molecule has 1 aromatic rings. The highest BCUT2D eigenvalue weighted by atomic mass is 16.3. The average molecular weight is 233 g/mol. The molecule has 1 atom stereocenters. The number of likely N-dealkylation sites (tertiary alicyclic amines) is 1. The lowest BCUT2D eigenvalue weighted by molar-refractivity contribution is 0.0444. The Morgan fingerprint density at radius 1 is 1.29 bits per heavy atom. The second kappa shape index (κ2) is 5.19. The Hall–Kier alpha value is -0.860. The van der Waals surface area contributed by atoms with Crippen LogP contribution in [0.25, 0.3) is 0 Å². The van der Waals surface area contributed by atoms with Gasteiger partial charge in [-0.25, -0.2) is 0 Å². The first-order chi connectivity index (χ1) is 8.05. The molecule has 2 heteroatoms. The van der Waals surface area contributed by atoms with Crippen molar-refractivity contribution in [3.63, 3.8) is 0 Å². The van der Waals surface area contributed by atoms with E-state index in [0.717, 1.165) is 38.9 Å². The molecular formula is C15H23NO. The number of rotatable bonds is 2. The molecule has 1 N–H and O–H groups in total. The van der Waals surface area contributed by atoms with Gasteiger partial charge in [-0.05, 0) is 45.2 Å². The number of hydrogen-bond donors (Lipinski definition) is 1. The Labute approximate surface area is 104 Å². The summed E-state index contributed by atoms with van der Waals surface area (Å²) in [4.78, 5) is 2.45. The van der Waals surface area contributed by atoms with Gasteiger partial charge in [0.1, 0.15) is 0 Å². The zero-order valence-electron chi connectivity index (χ0n) is 10.9. The van der Waals surface area contributed by atoms with E-state index in [1.165, 1.54) is 11.1 Å². The molecule has 0 radical (unpaired) electrons. The minimum atomic E-state index is -0.457. The quantitative estimate of drug-likeness (QED) is 0.849. The molecule has 1 unspecified atom stereocenters. The zero-order valence-corrected chi connectivity index (χ0v) is 10.9. The minimum Gasteiger partial charge on any atom is -0.390 e. The van der Waals surface area contributed by atoms with E-state index in [1.54, 1.807) is 0 Å². The third-order valence-corrected chi connectivity index (χ3v) is 3.64. The number of nitrogens with zero attached hydrogens (tertiary/aromatic N) is 1. The lowest BCUT2D eigenvalue weighted by atomic mass is 9.98. The molecule has 1 aliphatic rings. The van der Waals surface area contributed by atoms with Crippen LogP contribution >= 0.6 is 0 Å². The lowest BCUT2D eigenvalue weighted by Gasteiger charge is -2.22. The van der Waals surface area contributed by atoms with Gasteiger partial charge in [-0.1, -0.05) is 29.8 Å². The summed E-state index contributed by atoms with van der Waals surface area (Å²) in [6.07, 6.45) is 2.91. The summed E-state index contributed by atoms with van der Waals surface area (Å²) in [7, 11) is 0. The smallest absolute Gasteiger partial charge is 0.0632 e. The fraction of sp³-hybridized carbons (Fsp3) is 0.600. The maximum Gasteiger partial charge on any atom is 0.0632 e. The van der Waals surface area contributed by atoms with Gasteiger partial charge in [0.15, 0.2) is 0 Å². The molecule has 94 valence electrons. The van der Waals surface area contributed by atoms with Crippen molar-refractivity contribution in [2.45, 2.75) is 45.3 Å². The van der Waals surface area contributed by atoms with Crippen LogP contribution in [0.4, 0.5) is 0 Å².